The van der Waals surface area contributed by atoms with E-state index in [0.717, 1.165) is 6.54 Å². The molecule has 0 aromatic carbocycles. The highest BCUT2D eigenvalue weighted by Crippen LogP contribution is 2.23. The van der Waals surface area contributed by atoms with Crippen LogP contribution in [0.25, 0.3) is 0 Å². The van der Waals surface area contributed by atoms with Crippen molar-refractivity contribution in [3.63, 3.8) is 0 Å². The molecule has 0 radical (unpaired) electrons. The fourth-order valence-corrected chi connectivity index (χ4v) is 2.79. The summed E-state index contributed by atoms with van der Waals surface area (Å²) in [5, 5.41) is 0. The fraction of sp³-hybridized carbons (Fsp3) is 0.769. The monoisotopic (exact) mass is 279 g/mol. The zero-order valence-electron chi connectivity index (χ0n) is 12.6. The Bertz CT molecular complexity index is 448. The number of nitrogens with zero attached hydrogens (tertiary/aromatic N) is 5. The average Bonchev–Trinajstić information content (AvgIpc) is 2.38. The number of piperidine rings is 1. The first-order valence-electron chi connectivity index (χ1n) is 7.13. The number of rotatable bonds is 4. The van der Waals surface area contributed by atoms with E-state index in [1.165, 1.54) is 12.8 Å². The summed E-state index contributed by atoms with van der Waals surface area (Å²) in [6.45, 7) is 4.65. The Morgan fingerprint density at radius 1 is 1.30 bits per heavy atom. The molecule has 2 unspecified atom stereocenters. The van der Waals surface area contributed by atoms with E-state index in [1.807, 2.05) is 19.0 Å². The maximum Gasteiger partial charge on any atom is 0.229 e. The molecule has 0 saturated carbocycles. The minimum absolute atomic E-state index is 0.271. The summed E-state index contributed by atoms with van der Waals surface area (Å²) in [7, 11) is 3.79. The van der Waals surface area contributed by atoms with Crippen molar-refractivity contribution in [2.75, 3.05) is 37.8 Å². The lowest BCUT2D eigenvalue weighted by Gasteiger charge is -2.39. The Kier molecular flexibility index (Phi) is 4.72. The lowest BCUT2D eigenvalue weighted by Crippen LogP contribution is -2.48. The zero-order valence-corrected chi connectivity index (χ0v) is 12.6. The van der Waals surface area contributed by atoms with Crippen LogP contribution in [0.4, 0.5) is 11.9 Å². The van der Waals surface area contributed by atoms with Gasteiger partial charge in [-0.1, -0.05) is 6.92 Å². The van der Waals surface area contributed by atoms with Crippen molar-refractivity contribution in [2.45, 2.75) is 32.4 Å². The molecule has 1 fully saturated rings. The Balaban J connectivity index is 2.16. The van der Waals surface area contributed by atoms with Gasteiger partial charge in [-0.25, -0.2) is 0 Å². The van der Waals surface area contributed by atoms with Gasteiger partial charge in [0.25, 0.3) is 0 Å². The predicted octanol–water partition coefficient (Wildman–Crippen LogP) is 0.0790. The summed E-state index contributed by atoms with van der Waals surface area (Å²) >= 11 is 0. The van der Waals surface area contributed by atoms with E-state index in [2.05, 4.69) is 26.8 Å². The number of anilines is 2. The third-order valence-electron chi connectivity index (χ3n) is 3.90. The van der Waals surface area contributed by atoms with Crippen LogP contribution in [-0.4, -0.2) is 53.1 Å². The SMILES string of the molecule is CC1CCCN(Cc2nc(N)nc(N(C)C)n2)C1CN. The quantitative estimate of drug-likeness (QED) is 0.805. The summed E-state index contributed by atoms with van der Waals surface area (Å²) in [5.41, 5.74) is 11.7. The Morgan fingerprint density at radius 2 is 2.05 bits per heavy atom. The Morgan fingerprint density at radius 3 is 2.70 bits per heavy atom. The summed E-state index contributed by atoms with van der Waals surface area (Å²) < 4.78 is 0. The highest BCUT2D eigenvalue weighted by molar-refractivity contribution is 5.32. The van der Waals surface area contributed by atoms with Gasteiger partial charge in [-0.15, -0.1) is 0 Å². The van der Waals surface area contributed by atoms with Crippen LogP contribution in [0.15, 0.2) is 0 Å². The predicted molar refractivity (Wildman–Crippen MR) is 80.2 cm³/mol. The normalized spacial score (nSPS) is 23.8. The number of hydrogen-bond donors (Lipinski definition) is 2. The molecule has 1 aliphatic rings. The maximum absolute atomic E-state index is 5.92. The minimum atomic E-state index is 0.271. The summed E-state index contributed by atoms with van der Waals surface area (Å²) in [4.78, 5) is 17.0. The molecule has 2 rings (SSSR count). The lowest BCUT2D eigenvalue weighted by atomic mass is 9.91. The first-order valence-corrected chi connectivity index (χ1v) is 7.13. The molecule has 1 aromatic rings. The van der Waals surface area contributed by atoms with Crippen LogP contribution in [0.2, 0.25) is 0 Å². The van der Waals surface area contributed by atoms with Crippen molar-refractivity contribution in [2.24, 2.45) is 11.7 Å². The van der Waals surface area contributed by atoms with Crippen LogP contribution in [-0.2, 0) is 6.54 Å². The van der Waals surface area contributed by atoms with Crippen molar-refractivity contribution in [3.05, 3.63) is 5.82 Å². The number of hydrogen-bond acceptors (Lipinski definition) is 7. The van der Waals surface area contributed by atoms with E-state index >= 15 is 0 Å². The molecule has 20 heavy (non-hydrogen) atoms. The van der Waals surface area contributed by atoms with Gasteiger partial charge in [-0.05, 0) is 25.3 Å². The number of aromatic nitrogens is 3. The number of likely N-dealkylation sites (tertiary alicyclic amines) is 1. The van der Waals surface area contributed by atoms with Gasteiger partial charge < -0.3 is 16.4 Å². The van der Waals surface area contributed by atoms with Crippen molar-refractivity contribution < 1.29 is 0 Å². The molecule has 2 heterocycles. The third-order valence-corrected chi connectivity index (χ3v) is 3.90. The van der Waals surface area contributed by atoms with Gasteiger partial charge in [-0.3, -0.25) is 4.90 Å². The Labute approximate surface area is 120 Å². The lowest BCUT2D eigenvalue weighted by molar-refractivity contribution is 0.0963. The van der Waals surface area contributed by atoms with Crippen LogP contribution in [0.3, 0.4) is 0 Å². The molecular formula is C13H25N7. The maximum atomic E-state index is 5.92. The molecule has 1 aliphatic heterocycles. The van der Waals surface area contributed by atoms with Crippen LogP contribution >= 0.6 is 0 Å². The van der Waals surface area contributed by atoms with Gasteiger partial charge in [0, 0.05) is 26.7 Å². The van der Waals surface area contributed by atoms with Crippen LogP contribution < -0.4 is 16.4 Å². The second-order valence-electron chi connectivity index (χ2n) is 5.70. The standard InChI is InChI=1S/C13H25N7/c1-9-5-4-6-20(10(9)7-14)8-11-16-12(15)18-13(17-11)19(2)3/h9-10H,4-8,14H2,1-3H3,(H2,15,16,17,18). The Hall–Kier alpha value is -1.47. The summed E-state index contributed by atoms with van der Waals surface area (Å²) in [6, 6.07) is 0.393. The van der Waals surface area contributed by atoms with Crippen molar-refractivity contribution in [1.82, 2.24) is 19.9 Å². The van der Waals surface area contributed by atoms with E-state index in [9.17, 15) is 0 Å². The van der Waals surface area contributed by atoms with Crippen molar-refractivity contribution in [3.8, 4) is 0 Å². The molecule has 0 spiro atoms. The van der Waals surface area contributed by atoms with E-state index in [4.69, 9.17) is 11.5 Å². The molecule has 0 aliphatic carbocycles. The third kappa shape index (κ3) is 3.34. The largest absolute Gasteiger partial charge is 0.368 e. The van der Waals surface area contributed by atoms with Gasteiger partial charge in [0.15, 0.2) is 0 Å². The first kappa shape index (κ1) is 14.9. The highest BCUT2D eigenvalue weighted by Gasteiger charge is 2.28. The first-order chi connectivity index (χ1) is 9.51. The van der Waals surface area contributed by atoms with Crippen LogP contribution in [0.1, 0.15) is 25.6 Å². The number of nitrogens with two attached hydrogens (primary N) is 2. The molecule has 4 N–H and O–H groups in total. The second kappa shape index (κ2) is 6.32. The highest BCUT2D eigenvalue weighted by atomic mass is 15.3. The topological polar surface area (TPSA) is 97.2 Å². The van der Waals surface area contributed by atoms with Crippen molar-refractivity contribution >= 4 is 11.9 Å². The van der Waals surface area contributed by atoms with Crippen LogP contribution in [0, 0.1) is 5.92 Å². The van der Waals surface area contributed by atoms with E-state index in [-0.39, 0.29) is 5.95 Å². The molecule has 2 atom stereocenters. The van der Waals surface area contributed by atoms with Crippen molar-refractivity contribution in [1.29, 1.82) is 0 Å². The molecule has 1 saturated heterocycles. The van der Waals surface area contributed by atoms with Crippen LogP contribution in [0.5, 0.6) is 0 Å². The second-order valence-corrected chi connectivity index (χ2v) is 5.70. The molecule has 0 amide bonds. The molecular weight excluding hydrogens is 254 g/mol. The molecule has 7 nitrogen and oxygen atoms in total. The van der Waals surface area contributed by atoms with Gasteiger partial charge in [-0.2, -0.15) is 15.0 Å². The van der Waals surface area contributed by atoms with E-state index < -0.39 is 0 Å². The van der Waals surface area contributed by atoms with Gasteiger partial charge in [0.1, 0.15) is 5.82 Å². The molecule has 7 heteroatoms. The van der Waals surface area contributed by atoms with E-state index in [1.54, 1.807) is 0 Å². The summed E-state index contributed by atoms with van der Waals surface area (Å²) in [5.74, 6) is 2.20. The van der Waals surface area contributed by atoms with Gasteiger partial charge >= 0.3 is 0 Å². The summed E-state index contributed by atoms with van der Waals surface area (Å²) in [6.07, 6.45) is 2.43. The smallest absolute Gasteiger partial charge is 0.229 e. The molecule has 1 aromatic heterocycles. The molecule has 112 valence electrons. The van der Waals surface area contributed by atoms with Gasteiger partial charge in [0.2, 0.25) is 11.9 Å². The fourth-order valence-electron chi connectivity index (χ4n) is 2.79. The van der Waals surface area contributed by atoms with Gasteiger partial charge in [0.05, 0.1) is 6.54 Å². The zero-order chi connectivity index (χ0) is 14.7. The molecule has 0 bridgehead atoms. The number of nitrogen functional groups attached to an aromatic ring is 1. The average molecular weight is 279 g/mol. The van der Waals surface area contributed by atoms with E-state index in [0.29, 0.717) is 36.8 Å². The minimum Gasteiger partial charge on any atom is -0.368 e.